The van der Waals surface area contributed by atoms with E-state index in [4.69, 9.17) is 4.74 Å². The minimum absolute atomic E-state index is 0.154. The molecular formula is C16H22FN3O. The van der Waals surface area contributed by atoms with E-state index in [0.29, 0.717) is 13.0 Å². The molecule has 1 aromatic carbocycles. The van der Waals surface area contributed by atoms with E-state index < -0.39 is 0 Å². The molecule has 0 fully saturated rings. The number of rotatable bonds is 8. The van der Waals surface area contributed by atoms with Gasteiger partial charge in [0.1, 0.15) is 5.82 Å². The standard InChI is InChI=1S/C16H22FN3O/c1-13-12-20(10-5-11-21-2)16(19-13)18-9-8-14-6-3-4-7-15(14)17/h3-4,6-7,12H,5,8-11H2,1-2H3,(H,18,19). The van der Waals surface area contributed by atoms with Gasteiger partial charge in [-0.15, -0.1) is 0 Å². The lowest BCUT2D eigenvalue weighted by molar-refractivity contribution is 0.190. The molecule has 0 unspecified atom stereocenters. The van der Waals surface area contributed by atoms with Crippen molar-refractivity contribution < 1.29 is 9.13 Å². The van der Waals surface area contributed by atoms with Crippen molar-refractivity contribution >= 4 is 5.95 Å². The van der Waals surface area contributed by atoms with E-state index >= 15 is 0 Å². The Balaban J connectivity index is 1.89. The molecule has 1 aromatic heterocycles. The van der Waals surface area contributed by atoms with Crippen LogP contribution in [-0.4, -0.2) is 29.8 Å². The Hall–Kier alpha value is -1.88. The quantitative estimate of drug-likeness (QED) is 0.760. The fourth-order valence-corrected chi connectivity index (χ4v) is 2.25. The summed E-state index contributed by atoms with van der Waals surface area (Å²) < 4.78 is 20.7. The molecule has 0 radical (unpaired) electrons. The van der Waals surface area contributed by atoms with Crippen LogP contribution in [0.3, 0.4) is 0 Å². The molecule has 4 nitrogen and oxygen atoms in total. The Bertz CT molecular complexity index is 568. The maximum Gasteiger partial charge on any atom is 0.203 e. The Kier molecular flexibility index (Phi) is 5.75. The van der Waals surface area contributed by atoms with Gasteiger partial charge in [-0.25, -0.2) is 9.37 Å². The zero-order valence-corrected chi connectivity index (χ0v) is 12.6. The Labute approximate surface area is 125 Å². The molecule has 5 heteroatoms. The highest BCUT2D eigenvalue weighted by Gasteiger charge is 2.06. The Morgan fingerprint density at radius 1 is 1.33 bits per heavy atom. The molecule has 0 bridgehead atoms. The van der Waals surface area contributed by atoms with Gasteiger partial charge in [-0.2, -0.15) is 0 Å². The van der Waals surface area contributed by atoms with Gasteiger partial charge in [0.05, 0.1) is 5.69 Å². The minimum atomic E-state index is -0.154. The number of nitrogens with one attached hydrogen (secondary N) is 1. The van der Waals surface area contributed by atoms with Crippen LogP contribution in [0.4, 0.5) is 10.3 Å². The first-order valence-electron chi connectivity index (χ1n) is 7.20. The summed E-state index contributed by atoms with van der Waals surface area (Å²) in [5, 5.41) is 3.28. The summed E-state index contributed by atoms with van der Waals surface area (Å²) >= 11 is 0. The van der Waals surface area contributed by atoms with Crippen LogP contribution in [0.2, 0.25) is 0 Å². The molecule has 114 valence electrons. The molecule has 0 aliphatic heterocycles. The highest BCUT2D eigenvalue weighted by atomic mass is 19.1. The molecule has 1 N–H and O–H groups in total. The first-order valence-corrected chi connectivity index (χ1v) is 7.20. The van der Waals surface area contributed by atoms with Crippen molar-refractivity contribution in [1.29, 1.82) is 0 Å². The largest absolute Gasteiger partial charge is 0.385 e. The van der Waals surface area contributed by atoms with Crippen LogP contribution < -0.4 is 5.32 Å². The van der Waals surface area contributed by atoms with E-state index in [-0.39, 0.29) is 5.82 Å². The van der Waals surface area contributed by atoms with Gasteiger partial charge >= 0.3 is 0 Å². The number of aryl methyl sites for hydroxylation is 2. The van der Waals surface area contributed by atoms with Crippen molar-refractivity contribution in [1.82, 2.24) is 9.55 Å². The van der Waals surface area contributed by atoms with Crippen molar-refractivity contribution in [2.45, 2.75) is 26.3 Å². The lowest BCUT2D eigenvalue weighted by Crippen LogP contribution is -2.12. The second kappa shape index (κ2) is 7.78. The molecule has 0 spiro atoms. The molecule has 0 saturated heterocycles. The predicted molar refractivity (Wildman–Crippen MR) is 82.1 cm³/mol. The molecule has 0 saturated carbocycles. The predicted octanol–water partition coefficient (Wildman–Crippen LogP) is 3.02. The third-order valence-corrected chi connectivity index (χ3v) is 3.28. The van der Waals surface area contributed by atoms with Gasteiger partial charge in [0.15, 0.2) is 0 Å². The number of ether oxygens (including phenoxy) is 1. The number of halogens is 1. The van der Waals surface area contributed by atoms with Crippen molar-refractivity contribution in [3.05, 3.63) is 47.5 Å². The van der Waals surface area contributed by atoms with Gasteiger partial charge in [0, 0.05) is 33.0 Å². The van der Waals surface area contributed by atoms with Gasteiger partial charge in [-0.1, -0.05) is 18.2 Å². The Morgan fingerprint density at radius 3 is 2.90 bits per heavy atom. The van der Waals surface area contributed by atoms with Gasteiger partial charge in [-0.3, -0.25) is 0 Å². The zero-order chi connectivity index (χ0) is 15.1. The maximum atomic E-state index is 13.5. The lowest BCUT2D eigenvalue weighted by Gasteiger charge is -2.10. The summed E-state index contributed by atoms with van der Waals surface area (Å²) in [6.07, 6.45) is 3.59. The Morgan fingerprint density at radius 2 is 2.14 bits per heavy atom. The van der Waals surface area contributed by atoms with E-state index in [1.807, 2.05) is 25.3 Å². The molecule has 2 aromatic rings. The number of nitrogens with zero attached hydrogens (tertiary/aromatic N) is 2. The van der Waals surface area contributed by atoms with Crippen LogP contribution in [0.15, 0.2) is 30.5 Å². The highest BCUT2D eigenvalue weighted by Crippen LogP contribution is 2.11. The molecule has 0 aliphatic rings. The van der Waals surface area contributed by atoms with Crippen molar-refractivity contribution in [3.63, 3.8) is 0 Å². The smallest absolute Gasteiger partial charge is 0.203 e. The molecule has 0 aliphatic carbocycles. The molecule has 0 amide bonds. The topological polar surface area (TPSA) is 39.1 Å². The first-order chi connectivity index (χ1) is 10.2. The minimum Gasteiger partial charge on any atom is -0.385 e. The number of imidazole rings is 1. The third kappa shape index (κ3) is 4.56. The fourth-order valence-electron chi connectivity index (χ4n) is 2.25. The summed E-state index contributed by atoms with van der Waals surface area (Å²) in [5.41, 5.74) is 1.69. The van der Waals surface area contributed by atoms with Crippen LogP contribution in [0.25, 0.3) is 0 Å². The number of anilines is 1. The van der Waals surface area contributed by atoms with Gasteiger partial charge in [-0.05, 0) is 31.4 Å². The van der Waals surface area contributed by atoms with Crippen molar-refractivity contribution in [3.8, 4) is 0 Å². The van der Waals surface area contributed by atoms with E-state index in [1.165, 1.54) is 6.07 Å². The van der Waals surface area contributed by atoms with Crippen LogP contribution >= 0.6 is 0 Å². The average Bonchev–Trinajstić information content (AvgIpc) is 2.82. The van der Waals surface area contributed by atoms with Crippen molar-refractivity contribution in [2.75, 3.05) is 25.6 Å². The molecule has 0 atom stereocenters. The number of aromatic nitrogens is 2. The molecule has 21 heavy (non-hydrogen) atoms. The maximum absolute atomic E-state index is 13.5. The summed E-state index contributed by atoms with van der Waals surface area (Å²) in [6.45, 7) is 4.21. The summed E-state index contributed by atoms with van der Waals surface area (Å²) in [4.78, 5) is 4.46. The normalized spacial score (nSPS) is 10.8. The first kappa shape index (κ1) is 15.5. The van der Waals surface area contributed by atoms with E-state index in [9.17, 15) is 4.39 Å². The summed E-state index contributed by atoms with van der Waals surface area (Å²) in [7, 11) is 1.70. The van der Waals surface area contributed by atoms with Crippen LogP contribution in [0.5, 0.6) is 0 Å². The number of benzene rings is 1. The van der Waals surface area contributed by atoms with Crippen LogP contribution in [0.1, 0.15) is 17.7 Å². The lowest BCUT2D eigenvalue weighted by atomic mass is 10.1. The third-order valence-electron chi connectivity index (χ3n) is 3.28. The van der Waals surface area contributed by atoms with E-state index in [1.54, 1.807) is 13.2 Å². The van der Waals surface area contributed by atoms with Crippen molar-refractivity contribution in [2.24, 2.45) is 0 Å². The average molecular weight is 291 g/mol. The van der Waals surface area contributed by atoms with Gasteiger partial charge in [0.25, 0.3) is 0 Å². The number of methoxy groups -OCH3 is 1. The highest BCUT2D eigenvalue weighted by molar-refractivity contribution is 5.29. The zero-order valence-electron chi connectivity index (χ0n) is 12.6. The van der Waals surface area contributed by atoms with Gasteiger partial charge < -0.3 is 14.6 Å². The van der Waals surface area contributed by atoms with Crippen LogP contribution in [-0.2, 0) is 17.7 Å². The molecule has 1 heterocycles. The van der Waals surface area contributed by atoms with E-state index in [2.05, 4.69) is 14.9 Å². The second-order valence-electron chi connectivity index (χ2n) is 5.01. The summed E-state index contributed by atoms with van der Waals surface area (Å²) in [6, 6.07) is 6.87. The van der Waals surface area contributed by atoms with E-state index in [0.717, 1.165) is 36.8 Å². The number of hydrogen-bond acceptors (Lipinski definition) is 3. The SMILES string of the molecule is COCCCn1cc(C)nc1NCCc1ccccc1F. The van der Waals surface area contributed by atoms with Crippen LogP contribution in [0, 0.1) is 12.7 Å². The van der Waals surface area contributed by atoms with Gasteiger partial charge in [0.2, 0.25) is 5.95 Å². The second-order valence-corrected chi connectivity index (χ2v) is 5.01. The molecule has 2 rings (SSSR count). The summed E-state index contributed by atoms with van der Waals surface area (Å²) in [5.74, 6) is 0.679. The number of hydrogen-bond donors (Lipinski definition) is 1. The fraction of sp³-hybridized carbons (Fsp3) is 0.438. The monoisotopic (exact) mass is 291 g/mol. The molecular weight excluding hydrogens is 269 g/mol.